The second-order valence-corrected chi connectivity index (χ2v) is 3.95. The maximum atomic E-state index is 11.6. The Morgan fingerprint density at radius 1 is 1.67 bits per heavy atom. The van der Waals surface area contributed by atoms with E-state index in [-0.39, 0.29) is 17.7 Å². The molecule has 0 amide bonds. The fourth-order valence-electron chi connectivity index (χ4n) is 1.07. The highest BCUT2D eigenvalue weighted by molar-refractivity contribution is 9.10. The largest absolute Gasteiger partial charge is 0.462 e. The van der Waals surface area contributed by atoms with Gasteiger partial charge in [-0.3, -0.25) is 0 Å². The van der Waals surface area contributed by atoms with Gasteiger partial charge in [0.15, 0.2) is 0 Å². The fourth-order valence-corrected chi connectivity index (χ4v) is 1.69. The number of thiol groups is 1. The molecular weight excluding hydrogens is 278 g/mol. The number of hydrogen-bond donors (Lipinski definition) is 1. The van der Waals surface area contributed by atoms with Crippen molar-refractivity contribution >= 4 is 34.5 Å². The molecule has 0 saturated heterocycles. The molecule has 1 rings (SSSR count). The Morgan fingerprint density at radius 3 is 2.87 bits per heavy atom. The molecule has 1 aromatic carbocycles. The van der Waals surface area contributed by atoms with Crippen LogP contribution in [0.5, 0.6) is 0 Å². The Bertz CT molecular complexity index is 440. The van der Waals surface area contributed by atoms with Crippen molar-refractivity contribution in [1.82, 2.24) is 0 Å². The Morgan fingerprint density at radius 2 is 2.33 bits per heavy atom. The first-order chi connectivity index (χ1) is 7.11. The number of nitrogens with zero attached hydrogens (tertiary/aromatic N) is 1. The van der Waals surface area contributed by atoms with Crippen LogP contribution in [0.4, 0.5) is 0 Å². The third kappa shape index (κ3) is 2.52. The van der Waals surface area contributed by atoms with E-state index in [4.69, 9.17) is 10.00 Å². The molecule has 0 N–H and O–H groups in total. The molecule has 0 saturated carbocycles. The van der Waals surface area contributed by atoms with Gasteiger partial charge in [-0.1, -0.05) is 0 Å². The van der Waals surface area contributed by atoms with Crippen molar-refractivity contribution in [3.8, 4) is 6.07 Å². The topological polar surface area (TPSA) is 50.1 Å². The van der Waals surface area contributed by atoms with Crippen molar-refractivity contribution in [2.24, 2.45) is 0 Å². The van der Waals surface area contributed by atoms with E-state index >= 15 is 0 Å². The molecule has 0 radical (unpaired) electrons. The van der Waals surface area contributed by atoms with Gasteiger partial charge in [0.25, 0.3) is 0 Å². The minimum atomic E-state index is -0.527. The van der Waals surface area contributed by atoms with Gasteiger partial charge in [-0.15, -0.1) is 12.6 Å². The van der Waals surface area contributed by atoms with E-state index in [0.29, 0.717) is 9.37 Å². The number of halogens is 1. The number of rotatable bonds is 2. The van der Waals surface area contributed by atoms with Crippen LogP contribution in [0.3, 0.4) is 0 Å². The zero-order valence-electron chi connectivity index (χ0n) is 7.95. The monoisotopic (exact) mass is 285 g/mol. The second kappa shape index (κ2) is 5.19. The number of ether oxygens (including phenoxy) is 1. The Hall–Kier alpha value is -0.990. The first-order valence-electron chi connectivity index (χ1n) is 4.20. The molecule has 0 fully saturated rings. The van der Waals surface area contributed by atoms with Crippen LogP contribution in [0.15, 0.2) is 21.5 Å². The minimum Gasteiger partial charge on any atom is -0.462 e. The SMILES string of the molecule is CCOC(=O)c1c(C#N)ccc(Br)c1S. The molecule has 0 bridgehead atoms. The van der Waals surface area contributed by atoms with Gasteiger partial charge in [0, 0.05) is 9.37 Å². The molecule has 0 spiro atoms. The summed E-state index contributed by atoms with van der Waals surface area (Å²) in [6, 6.07) is 5.15. The van der Waals surface area contributed by atoms with Gasteiger partial charge in [-0.2, -0.15) is 5.26 Å². The summed E-state index contributed by atoms with van der Waals surface area (Å²) in [4.78, 5) is 12.0. The van der Waals surface area contributed by atoms with E-state index in [0.717, 1.165) is 0 Å². The van der Waals surface area contributed by atoms with E-state index in [2.05, 4.69) is 28.6 Å². The third-order valence-electron chi connectivity index (χ3n) is 1.73. The highest BCUT2D eigenvalue weighted by Crippen LogP contribution is 2.27. The lowest BCUT2D eigenvalue weighted by Crippen LogP contribution is -2.08. The first-order valence-corrected chi connectivity index (χ1v) is 5.44. The maximum Gasteiger partial charge on any atom is 0.340 e. The summed E-state index contributed by atoms with van der Waals surface area (Å²) in [7, 11) is 0. The standard InChI is InChI=1S/C10H8BrNO2S/c1-2-14-10(13)8-6(5-12)3-4-7(11)9(8)15/h3-4,15H,2H2,1H3. The van der Waals surface area contributed by atoms with Gasteiger partial charge in [0.05, 0.1) is 17.7 Å². The average Bonchev–Trinajstić information content (AvgIpc) is 2.22. The summed E-state index contributed by atoms with van der Waals surface area (Å²) in [5, 5.41) is 8.84. The van der Waals surface area contributed by atoms with Crippen molar-refractivity contribution in [3.05, 3.63) is 27.7 Å². The first kappa shape index (κ1) is 12.1. The van der Waals surface area contributed by atoms with Crippen molar-refractivity contribution in [1.29, 1.82) is 5.26 Å². The van der Waals surface area contributed by atoms with Crippen LogP contribution in [-0.4, -0.2) is 12.6 Å². The van der Waals surface area contributed by atoms with Crippen molar-refractivity contribution in [2.75, 3.05) is 6.61 Å². The van der Waals surface area contributed by atoms with Crippen LogP contribution in [0, 0.1) is 11.3 Å². The zero-order chi connectivity index (χ0) is 11.4. The van der Waals surface area contributed by atoms with Crippen molar-refractivity contribution in [2.45, 2.75) is 11.8 Å². The molecule has 0 aliphatic carbocycles. The number of benzene rings is 1. The molecule has 0 aromatic heterocycles. The normalized spacial score (nSPS) is 9.47. The number of hydrogen-bond acceptors (Lipinski definition) is 4. The second-order valence-electron chi connectivity index (χ2n) is 2.65. The van der Waals surface area contributed by atoms with Crippen molar-refractivity contribution < 1.29 is 9.53 Å². The molecule has 78 valence electrons. The molecule has 0 aliphatic heterocycles. The number of esters is 1. The summed E-state index contributed by atoms with van der Waals surface area (Å²) in [6.45, 7) is 1.98. The molecule has 0 atom stereocenters. The molecule has 3 nitrogen and oxygen atoms in total. The maximum absolute atomic E-state index is 11.6. The molecule has 5 heteroatoms. The number of carbonyl (C=O) groups excluding carboxylic acids is 1. The van der Waals surface area contributed by atoms with Crippen LogP contribution in [0.25, 0.3) is 0 Å². The van der Waals surface area contributed by atoms with Gasteiger partial charge in [-0.05, 0) is 35.0 Å². The molecule has 15 heavy (non-hydrogen) atoms. The van der Waals surface area contributed by atoms with E-state index in [1.54, 1.807) is 19.1 Å². The number of nitriles is 1. The van der Waals surface area contributed by atoms with E-state index in [9.17, 15) is 4.79 Å². The quantitative estimate of drug-likeness (QED) is 0.672. The molecule has 0 heterocycles. The summed E-state index contributed by atoms with van der Waals surface area (Å²) in [5.41, 5.74) is 0.471. The lowest BCUT2D eigenvalue weighted by molar-refractivity contribution is 0.0522. The van der Waals surface area contributed by atoms with Crippen LogP contribution < -0.4 is 0 Å². The Balaban J connectivity index is 3.31. The van der Waals surface area contributed by atoms with Gasteiger partial charge in [0.1, 0.15) is 6.07 Å². The summed E-state index contributed by atoms with van der Waals surface area (Å²) in [5.74, 6) is -0.527. The molecular formula is C10H8BrNO2S. The van der Waals surface area contributed by atoms with E-state index in [1.807, 2.05) is 6.07 Å². The van der Waals surface area contributed by atoms with Crippen LogP contribution in [-0.2, 0) is 4.74 Å². The van der Waals surface area contributed by atoms with Gasteiger partial charge < -0.3 is 4.74 Å². The predicted octanol–water partition coefficient (Wildman–Crippen LogP) is 2.79. The van der Waals surface area contributed by atoms with E-state index < -0.39 is 5.97 Å². The molecule has 0 unspecified atom stereocenters. The van der Waals surface area contributed by atoms with Crippen LogP contribution in [0.2, 0.25) is 0 Å². The van der Waals surface area contributed by atoms with E-state index in [1.165, 1.54) is 0 Å². The summed E-state index contributed by atoms with van der Waals surface area (Å²) >= 11 is 7.40. The summed E-state index contributed by atoms with van der Waals surface area (Å²) < 4.78 is 5.51. The van der Waals surface area contributed by atoms with Crippen molar-refractivity contribution in [3.63, 3.8) is 0 Å². The highest BCUT2D eigenvalue weighted by Gasteiger charge is 2.17. The Labute approximate surface area is 102 Å². The Kier molecular flexibility index (Phi) is 4.18. The predicted molar refractivity (Wildman–Crippen MR) is 62.1 cm³/mol. The summed E-state index contributed by atoms with van der Waals surface area (Å²) in [6.07, 6.45) is 0. The fraction of sp³-hybridized carbons (Fsp3) is 0.200. The van der Waals surface area contributed by atoms with Crippen LogP contribution in [0.1, 0.15) is 22.8 Å². The average molecular weight is 286 g/mol. The van der Waals surface area contributed by atoms with Gasteiger partial charge >= 0.3 is 5.97 Å². The highest BCUT2D eigenvalue weighted by atomic mass is 79.9. The third-order valence-corrected chi connectivity index (χ3v) is 3.16. The smallest absolute Gasteiger partial charge is 0.340 e. The van der Waals surface area contributed by atoms with Gasteiger partial charge in [-0.25, -0.2) is 4.79 Å². The lowest BCUT2D eigenvalue weighted by Gasteiger charge is -2.07. The lowest BCUT2D eigenvalue weighted by atomic mass is 10.1. The minimum absolute atomic E-state index is 0.206. The van der Waals surface area contributed by atoms with Gasteiger partial charge in [0.2, 0.25) is 0 Å². The zero-order valence-corrected chi connectivity index (χ0v) is 10.4. The van der Waals surface area contributed by atoms with Crippen LogP contribution >= 0.6 is 28.6 Å². The number of carbonyl (C=O) groups is 1. The molecule has 1 aromatic rings. The molecule has 0 aliphatic rings.